The molecule has 20 heavy (non-hydrogen) atoms. The molecular weight excluding hydrogens is 272 g/mol. The molecule has 0 aliphatic rings. The lowest BCUT2D eigenvalue weighted by atomic mass is 10.1. The summed E-state index contributed by atoms with van der Waals surface area (Å²) in [6, 6.07) is 8.11. The van der Waals surface area contributed by atoms with E-state index in [0.717, 1.165) is 42.9 Å². The van der Waals surface area contributed by atoms with Gasteiger partial charge in [-0.3, -0.25) is 0 Å². The molecule has 0 aliphatic heterocycles. The van der Waals surface area contributed by atoms with Crippen LogP contribution in [0.2, 0.25) is 0 Å². The van der Waals surface area contributed by atoms with E-state index in [9.17, 15) is 0 Å². The Morgan fingerprint density at radius 3 is 2.80 bits per heavy atom. The van der Waals surface area contributed by atoms with Crippen molar-refractivity contribution in [3.8, 4) is 5.75 Å². The van der Waals surface area contributed by atoms with Gasteiger partial charge in [-0.1, -0.05) is 19.4 Å². The first kappa shape index (κ1) is 14.9. The van der Waals surface area contributed by atoms with Crippen LogP contribution in [0.4, 0.5) is 5.82 Å². The zero-order valence-electron chi connectivity index (χ0n) is 12.1. The second-order valence-corrected chi connectivity index (χ2v) is 5.13. The van der Waals surface area contributed by atoms with Gasteiger partial charge in [-0.2, -0.15) is 0 Å². The van der Waals surface area contributed by atoms with Gasteiger partial charge in [-0.25, -0.2) is 4.98 Å². The number of rotatable bonds is 7. The van der Waals surface area contributed by atoms with E-state index in [1.165, 1.54) is 5.39 Å². The number of halogens is 1. The van der Waals surface area contributed by atoms with Gasteiger partial charge in [0.15, 0.2) is 0 Å². The number of ether oxygens (including phenoxy) is 1. The third-order valence-electron chi connectivity index (χ3n) is 3.39. The summed E-state index contributed by atoms with van der Waals surface area (Å²) in [4.78, 5) is 6.83. The molecule has 0 atom stereocenters. The Morgan fingerprint density at radius 1 is 1.25 bits per heavy atom. The van der Waals surface area contributed by atoms with Crippen LogP contribution in [0, 0.1) is 0 Å². The molecule has 0 saturated carbocycles. The Morgan fingerprint density at radius 2 is 2.10 bits per heavy atom. The maximum Gasteiger partial charge on any atom is 0.136 e. The predicted octanol–water partition coefficient (Wildman–Crippen LogP) is 4.09. The van der Waals surface area contributed by atoms with Crippen LogP contribution >= 0.6 is 11.6 Å². The lowest BCUT2D eigenvalue weighted by Gasteiger charge is -2.24. The molecule has 0 aliphatic carbocycles. The van der Waals surface area contributed by atoms with E-state index in [0.29, 0.717) is 5.88 Å². The number of fused-ring (bicyclic) bond motifs is 1. The molecule has 0 saturated heterocycles. The number of pyridine rings is 1. The number of nitrogens with zero attached hydrogens (tertiary/aromatic N) is 2. The van der Waals surface area contributed by atoms with Crippen LogP contribution < -0.4 is 9.64 Å². The van der Waals surface area contributed by atoms with Crippen LogP contribution in [0.25, 0.3) is 10.8 Å². The van der Waals surface area contributed by atoms with E-state index in [-0.39, 0.29) is 0 Å². The number of alkyl halides is 1. The zero-order valence-corrected chi connectivity index (χ0v) is 12.9. The van der Waals surface area contributed by atoms with Crippen molar-refractivity contribution in [1.29, 1.82) is 0 Å². The molecule has 0 unspecified atom stereocenters. The number of unbranched alkanes of at least 4 members (excludes halogenated alkanes) is 1. The van der Waals surface area contributed by atoms with Crippen LogP contribution in [0.1, 0.15) is 19.8 Å². The van der Waals surface area contributed by atoms with Gasteiger partial charge in [0.05, 0.1) is 7.11 Å². The van der Waals surface area contributed by atoms with Crippen LogP contribution in [0.15, 0.2) is 30.5 Å². The van der Waals surface area contributed by atoms with Crippen molar-refractivity contribution in [2.75, 3.05) is 31.0 Å². The fourth-order valence-electron chi connectivity index (χ4n) is 2.29. The summed E-state index contributed by atoms with van der Waals surface area (Å²) in [5.74, 6) is 2.45. The van der Waals surface area contributed by atoms with Gasteiger partial charge in [-0.15, -0.1) is 11.6 Å². The average molecular weight is 293 g/mol. The first-order valence-electron chi connectivity index (χ1n) is 7.03. The summed E-state index contributed by atoms with van der Waals surface area (Å²) in [6.45, 7) is 3.98. The monoisotopic (exact) mass is 292 g/mol. The van der Waals surface area contributed by atoms with Crippen LogP contribution in [-0.2, 0) is 0 Å². The molecule has 4 heteroatoms. The highest BCUT2D eigenvalue weighted by Crippen LogP contribution is 2.28. The van der Waals surface area contributed by atoms with Gasteiger partial charge in [0.1, 0.15) is 11.6 Å². The molecule has 0 N–H and O–H groups in total. The van der Waals surface area contributed by atoms with Crippen molar-refractivity contribution in [1.82, 2.24) is 4.98 Å². The third-order valence-corrected chi connectivity index (χ3v) is 3.56. The summed E-state index contributed by atoms with van der Waals surface area (Å²) < 4.78 is 5.33. The second-order valence-electron chi connectivity index (χ2n) is 4.75. The summed E-state index contributed by atoms with van der Waals surface area (Å²) in [6.07, 6.45) is 4.16. The number of methoxy groups -OCH3 is 1. The maximum absolute atomic E-state index is 5.94. The molecule has 0 amide bonds. The summed E-state index contributed by atoms with van der Waals surface area (Å²) in [5, 5.41) is 2.29. The van der Waals surface area contributed by atoms with Crippen molar-refractivity contribution < 1.29 is 4.74 Å². The van der Waals surface area contributed by atoms with Gasteiger partial charge < -0.3 is 9.64 Å². The minimum atomic E-state index is 0.603. The van der Waals surface area contributed by atoms with Gasteiger partial charge in [0.25, 0.3) is 0 Å². The maximum atomic E-state index is 5.94. The molecule has 108 valence electrons. The molecule has 2 aromatic rings. The Labute approximate surface area is 125 Å². The normalized spacial score (nSPS) is 10.8. The molecule has 1 heterocycles. The Balaban J connectivity index is 2.43. The second kappa shape index (κ2) is 7.34. The SMILES string of the molecule is CCCCN(CCCl)c1nccc2ccc(OC)cc12. The minimum Gasteiger partial charge on any atom is -0.497 e. The number of hydrogen-bond acceptors (Lipinski definition) is 3. The van der Waals surface area contributed by atoms with E-state index in [4.69, 9.17) is 16.3 Å². The number of hydrogen-bond donors (Lipinski definition) is 0. The smallest absolute Gasteiger partial charge is 0.136 e. The quantitative estimate of drug-likeness (QED) is 0.719. The van der Waals surface area contributed by atoms with E-state index in [1.807, 2.05) is 24.4 Å². The Hall–Kier alpha value is -1.48. The fraction of sp³-hybridized carbons (Fsp3) is 0.438. The highest BCUT2D eigenvalue weighted by molar-refractivity contribution is 6.18. The Bertz CT molecular complexity index is 559. The molecule has 1 aromatic heterocycles. The summed E-state index contributed by atoms with van der Waals surface area (Å²) >= 11 is 5.94. The standard InChI is InChI=1S/C16H21ClN2O/c1-3-4-10-19(11-8-17)16-15-12-14(20-2)6-5-13(15)7-9-18-16/h5-7,9,12H,3-4,8,10-11H2,1-2H3. The molecule has 0 spiro atoms. The van der Waals surface area contributed by atoms with E-state index in [2.05, 4.69) is 22.9 Å². The lowest BCUT2D eigenvalue weighted by molar-refractivity contribution is 0.415. The lowest BCUT2D eigenvalue weighted by Crippen LogP contribution is -2.27. The van der Waals surface area contributed by atoms with E-state index < -0.39 is 0 Å². The van der Waals surface area contributed by atoms with Crippen LogP contribution in [0.5, 0.6) is 5.75 Å². The van der Waals surface area contributed by atoms with Crippen molar-refractivity contribution in [3.63, 3.8) is 0 Å². The van der Waals surface area contributed by atoms with Gasteiger partial charge in [0, 0.05) is 30.6 Å². The van der Waals surface area contributed by atoms with Gasteiger partial charge in [0.2, 0.25) is 0 Å². The zero-order chi connectivity index (χ0) is 14.4. The predicted molar refractivity (Wildman–Crippen MR) is 86.1 cm³/mol. The highest BCUT2D eigenvalue weighted by atomic mass is 35.5. The van der Waals surface area contributed by atoms with Crippen molar-refractivity contribution in [3.05, 3.63) is 30.5 Å². The van der Waals surface area contributed by atoms with Crippen LogP contribution in [-0.4, -0.2) is 31.1 Å². The molecule has 2 rings (SSSR count). The summed E-state index contributed by atoms with van der Waals surface area (Å²) in [5.41, 5.74) is 0. The minimum absolute atomic E-state index is 0.603. The molecule has 3 nitrogen and oxygen atoms in total. The Kier molecular flexibility index (Phi) is 5.48. The van der Waals surface area contributed by atoms with Crippen molar-refractivity contribution >= 4 is 28.2 Å². The number of anilines is 1. The molecule has 0 bridgehead atoms. The van der Waals surface area contributed by atoms with Crippen molar-refractivity contribution in [2.24, 2.45) is 0 Å². The topological polar surface area (TPSA) is 25.4 Å². The van der Waals surface area contributed by atoms with E-state index >= 15 is 0 Å². The first-order chi connectivity index (χ1) is 9.80. The number of benzene rings is 1. The van der Waals surface area contributed by atoms with E-state index in [1.54, 1.807) is 7.11 Å². The molecule has 0 fully saturated rings. The number of aromatic nitrogens is 1. The third kappa shape index (κ3) is 3.34. The molecular formula is C16H21ClN2O. The molecule has 1 aromatic carbocycles. The fourth-order valence-corrected chi connectivity index (χ4v) is 2.49. The largest absolute Gasteiger partial charge is 0.497 e. The van der Waals surface area contributed by atoms with Gasteiger partial charge in [-0.05, 0) is 30.0 Å². The summed E-state index contributed by atoms with van der Waals surface area (Å²) in [7, 11) is 1.69. The van der Waals surface area contributed by atoms with Crippen LogP contribution in [0.3, 0.4) is 0 Å². The average Bonchev–Trinajstić information content (AvgIpc) is 2.50. The van der Waals surface area contributed by atoms with Gasteiger partial charge >= 0.3 is 0 Å². The first-order valence-corrected chi connectivity index (χ1v) is 7.57. The molecule has 0 radical (unpaired) electrons. The van der Waals surface area contributed by atoms with Crippen molar-refractivity contribution in [2.45, 2.75) is 19.8 Å². The highest BCUT2D eigenvalue weighted by Gasteiger charge is 2.11.